The summed E-state index contributed by atoms with van der Waals surface area (Å²) in [6.07, 6.45) is 9.69. The Morgan fingerprint density at radius 1 is 1.50 bits per heavy atom. The van der Waals surface area contributed by atoms with E-state index in [1.807, 2.05) is 6.08 Å². The summed E-state index contributed by atoms with van der Waals surface area (Å²) in [5.74, 6) is 0.550. The van der Waals surface area contributed by atoms with Gasteiger partial charge >= 0.3 is 0 Å². The Morgan fingerprint density at radius 3 is 2.67 bits per heavy atom. The lowest BCUT2D eigenvalue weighted by Gasteiger charge is -2.12. The molecule has 0 bridgehead atoms. The van der Waals surface area contributed by atoms with Crippen LogP contribution in [0.3, 0.4) is 0 Å². The van der Waals surface area contributed by atoms with Crippen LogP contribution in [0.2, 0.25) is 0 Å². The number of hydrogen-bond acceptors (Lipinski definition) is 0. The van der Waals surface area contributed by atoms with Gasteiger partial charge in [0.2, 0.25) is 0 Å². The Balaban J connectivity index is 3.42. The van der Waals surface area contributed by atoms with Crippen LogP contribution in [0.4, 0.5) is 0 Å². The molecule has 2 unspecified atom stereocenters. The number of rotatable bonds is 6. The molecule has 0 amide bonds. The van der Waals surface area contributed by atoms with Crippen molar-refractivity contribution >= 4 is 11.6 Å². The molecule has 0 radical (unpaired) electrons. The summed E-state index contributed by atoms with van der Waals surface area (Å²) < 4.78 is 0. The van der Waals surface area contributed by atoms with E-state index >= 15 is 0 Å². The average molecular weight is 187 g/mol. The summed E-state index contributed by atoms with van der Waals surface area (Å²) in [6, 6.07) is 0. The lowest BCUT2D eigenvalue weighted by atomic mass is 10.0. The molecule has 0 nitrogen and oxygen atoms in total. The SMILES string of the molecule is C=CC(Cl)C(C)CCCC=CC. The Labute approximate surface area is 81.3 Å². The van der Waals surface area contributed by atoms with E-state index in [4.69, 9.17) is 11.6 Å². The molecular weight excluding hydrogens is 168 g/mol. The van der Waals surface area contributed by atoms with E-state index in [9.17, 15) is 0 Å². The van der Waals surface area contributed by atoms with Crippen molar-refractivity contribution in [2.45, 2.75) is 38.5 Å². The molecular formula is C11H19Cl. The normalized spacial score (nSPS) is 16.2. The van der Waals surface area contributed by atoms with E-state index < -0.39 is 0 Å². The van der Waals surface area contributed by atoms with Gasteiger partial charge in [0.05, 0.1) is 5.38 Å². The molecule has 12 heavy (non-hydrogen) atoms. The van der Waals surface area contributed by atoms with Crippen LogP contribution in [0, 0.1) is 5.92 Å². The molecule has 0 N–H and O–H groups in total. The van der Waals surface area contributed by atoms with Crippen LogP contribution >= 0.6 is 11.6 Å². The molecule has 1 heteroatoms. The van der Waals surface area contributed by atoms with Gasteiger partial charge in [0.1, 0.15) is 0 Å². The Morgan fingerprint density at radius 2 is 2.17 bits per heavy atom. The van der Waals surface area contributed by atoms with Crippen LogP contribution in [-0.2, 0) is 0 Å². The lowest BCUT2D eigenvalue weighted by molar-refractivity contribution is 0.525. The first-order chi connectivity index (χ1) is 5.72. The Kier molecular flexibility index (Phi) is 7.28. The highest BCUT2D eigenvalue weighted by Crippen LogP contribution is 2.17. The summed E-state index contributed by atoms with van der Waals surface area (Å²) in [7, 11) is 0. The fourth-order valence-electron chi connectivity index (χ4n) is 1.12. The van der Waals surface area contributed by atoms with Crippen LogP contribution in [0.25, 0.3) is 0 Å². The van der Waals surface area contributed by atoms with E-state index in [0.29, 0.717) is 5.92 Å². The van der Waals surface area contributed by atoms with Crippen LogP contribution in [0.5, 0.6) is 0 Å². The number of hydrogen-bond donors (Lipinski definition) is 0. The molecule has 0 aliphatic heterocycles. The number of halogens is 1. The maximum atomic E-state index is 5.99. The maximum Gasteiger partial charge on any atom is 0.0538 e. The molecule has 2 atom stereocenters. The molecule has 0 aliphatic rings. The summed E-state index contributed by atoms with van der Waals surface area (Å²) >= 11 is 5.99. The van der Waals surface area contributed by atoms with Crippen LogP contribution in [0.15, 0.2) is 24.8 Å². The van der Waals surface area contributed by atoms with Crippen LogP contribution in [0.1, 0.15) is 33.1 Å². The molecule has 70 valence electrons. The van der Waals surface area contributed by atoms with E-state index in [1.54, 1.807) is 0 Å². The quantitative estimate of drug-likeness (QED) is 0.332. The predicted octanol–water partition coefficient (Wildman–Crippen LogP) is 4.16. The van der Waals surface area contributed by atoms with E-state index in [1.165, 1.54) is 19.3 Å². The van der Waals surface area contributed by atoms with Crippen molar-refractivity contribution in [3.8, 4) is 0 Å². The van der Waals surface area contributed by atoms with Gasteiger partial charge in [0.15, 0.2) is 0 Å². The fraction of sp³-hybridized carbons (Fsp3) is 0.636. The average Bonchev–Trinajstić information content (AvgIpc) is 2.10. The van der Waals surface area contributed by atoms with E-state index in [0.717, 1.165) is 0 Å². The van der Waals surface area contributed by atoms with Gasteiger partial charge in [-0.1, -0.05) is 25.2 Å². The summed E-state index contributed by atoms with van der Waals surface area (Å²) in [4.78, 5) is 0. The van der Waals surface area contributed by atoms with Gasteiger partial charge in [-0.2, -0.15) is 0 Å². The van der Waals surface area contributed by atoms with Crippen molar-refractivity contribution in [1.29, 1.82) is 0 Å². The van der Waals surface area contributed by atoms with Crippen LogP contribution in [-0.4, -0.2) is 5.38 Å². The molecule has 0 fully saturated rings. The van der Waals surface area contributed by atoms with Crippen molar-refractivity contribution < 1.29 is 0 Å². The molecule has 0 aliphatic carbocycles. The largest absolute Gasteiger partial charge is 0.118 e. The van der Waals surface area contributed by atoms with Gasteiger partial charge in [0.25, 0.3) is 0 Å². The molecule has 0 aromatic rings. The summed E-state index contributed by atoms with van der Waals surface area (Å²) in [5.41, 5.74) is 0. The minimum atomic E-state index is 0.135. The van der Waals surface area contributed by atoms with E-state index in [-0.39, 0.29) is 5.38 Å². The predicted molar refractivity (Wildman–Crippen MR) is 57.7 cm³/mol. The zero-order valence-corrected chi connectivity index (χ0v) is 8.85. The van der Waals surface area contributed by atoms with Crippen molar-refractivity contribution in [2.24, 2.45) is 5.92 Å². The molecule has 0 saturated carbocycles. The highest BCUT2D eigenvalue weighted by atomic mass is 35.5. The highest BCUT2D eigenvalue weighted by Gasteiger charge is 2.08. The standard InChI is InChI=1S/C11H19Cl/c1-4-6-7-8-9-10(3)11(12)5-2/h4-6,10-11H,2,7-9H2,1,3H3. The summed E-state index contributed by atoms with van der Waals surface area (Å²) in [5, 5.41) is 0.135. The van der Waals surface area contributed by atoms with Crippen LogP contribution < -0.4 is 0 Å². The summed E-state index contributed by atoms with van der Waals surface area (Å²) in [6.45, 7) is 7.91. The minimum absolute atomic E-state index is 0.135. The Hall–Kier alpha value is -0.230. The van der Waals surface area contributed by atoms with Crippen molar-refractivity contribution in [3.63, 3.8) is 0 Å². The fourth-order valence-corrected chi connectivity index (χ4v) is 1.24. The van der Waals surface area contributed by atoms with Gasteiger partial charge in [-0.05, 0) is 32.1 Å². The highest BCUT2D eigenvalue weighted by molar-refractivity contribution is 6.21. The minimum Gasteiger partial charge on any atom is -0.118 e. The molecule has 0 rings (SSSR count). The molecule has 0 heterocycles. The smallest absolute Gasteiger partial charge is 0.0538 e. The van der Waals surface area contributed by atoms with Crippen molar-refractivity contribution in [2.75, 3.05) is 0 Å². The van der Waals surface area contributed by atoms with Crippen molar-refractivity contribution in [3.05, 3.63) is 24.8 Å². The van der Waals surface area contributed by atoms with Gasteiger partial charge in [-0.15, -0.1) is 18.2 Å². The van der Waals surface area contributed by atoms with Crippen molar-refractivity contribution in [1.82, 2.24) is 0 Å². The Bertz CT molecular complexity index is 138. The lowest BCUT2D eigenvalue weighted by Crippen LogP contribution is -2.07. The first kappa shape index (κ1) is 11.8. The van der Waals surface area contributed by atoms with Gasteiger partial charge < -0.3 is 0 Å². The molecule has 0 aromatic carbocycles. The zero-order chi connectivity index (χ0) is 9.40. The molecule has 0 aromatic heterocycles. The molecule has 0 spiro atoms. The first-order valence-electron chi connectivity index (χ1n) is 4.60. The third kappa shape index (κ3) is 5.42. The molecule has 0 saturated heterocycles. The first-order valence-corrected chi connectivity index (χ1v) is 5.03. The second kappa shape index (κ2) is 7.42. The number of unbranched alkanes of at least 4 members (excludes halogenated alkanes) is 1. The van der Waals surface area contributed by atoms with Gasteiger partial charge in [-0.25, -0.2) is 0 Å². The second-order valence-corrected chi connectivity index (χ2v) is 3.66. The monoisotopic (exact) mass is 186 g/mol. The third-order valence-electron chi connectivity index (χ3n) is 2.03. The van der Waals surface area contributed by atoms with Gasteiger partial charge in [-0.3, -0.25) is 0 Å². The van der Waals surface area contributed by atoms with E-state index in [2.05, 4.69) is 32.6 Å². The number of allylic oxidation sites excluding steroid dienone is 3. The second-order valence-electron chi connectivity index (χ2n) is 3.16. The number of alkyl halides is 1. The topological polar surface area (TPSA) is 0 Å². The maximum absolute atomic E-state index is 5.99. The van der Waals surface area contributed by atoms with Gasteiger partial charge in [0, 0.05) is 0 Å². The third-order valence-corrected chi connectivity index (χ3v) is 2.64. The zero-order valence-electron chi connectivity index (χ0n) is 8.09.